The van der Waals surface area contributed by atoms with Gasteiger partial charge in [-0.3, -0.25) is 0 Å². The summed E-state index contributed by atoms with van der Waals surface area (Å²) in [6.07, 6.45) is 6.20. The molecule has 0 saturated carbocycles. The van der Waals surface area contributed by atoms with Gasteiger partial charge in [-0.15, -0.1) is 4.85 Å². The SMILES string of the molecule is CCCCCCCOc1ccc(N2CCN(c3ccc(C(=O)n4n[n+]([O-])c5ccccc54)cc3)CC2)cc1. The van der Waals surface area contributed by atoms with Crippen LogP contribution in [0.25, 0.3) is 11.0 Å². The molecule has 0 bridgehead atoms. The van der Waals surface area contributed by atoms with Crippen molar-refractivity contribution in [2.75, 3.05) is 42.6 Å². The average molecular weight is 514 g/mol. The van der Waals surface area contributed by atoms with Gasteiger partial charge < -0.3 is 19.7 Å². The quantitative estimate of drug-likeness (QED) is 0.168. The van der Waals surface area contributed by atoms with Gasteiger partial charge in [0.1, 0.15) is 11.0 Å². The van der Waals surface area contributed by atoms with Crippen LogP contribution in [0.1, 0.15) is 49.4 Å². The minimum absolute atomic E-state index is 0.323. The van der Waals surface area contributed by atoms with E-state index in [0.29, 0.717) is 21.4 Å². The van der Waals surface area contributed by atoms with E-state index in [1.54, 1.807) is 36.4 Å². The lowest BCUT2D eigenvalue weighted by Gasteiger charge is -2.37. The summed E-state index contributed by atoms with van der Waals surface area (Å²) in [7, 11) is 0. The molecule has 8 heteroatoms. The molecule has 0 radical (unpaired) electrons. The second-order valence-electron chi connectivity index (χ2n) is 9.75. The van der Waals surface area contributed by atoms with Crippen LogP contribution in [0.5, 0.6) is 5.75 Å². The van der Waals surface area contributed by atoms with E-state index in [0.717, 1.165) is 50.6 Å². The molecule has 0 N–H and O–H groups in total. The minimum atomic E-state index is -0.323. The van der Waals surface area contributed by atoms with Gasteiger partial charge in [-0.25, -0.2) is 4.79 Å². The fraction of sp³-hybridized carbons (Fsp3) is 0.367. The van der Waals surface area contributed by atoms with Gasteiger partial charge in [0.05, 0.1) is 12.2 Å². The number of ether oxygens (including phenoxy) is 1. The normalized spacial score (nSPS) is 13.7. The van der Waals surface area contributed by atoms with E-state index in [4.69, 9.17) is 4.74 Å². The summed E-state index contributed by atoms with van der Waals surface area (Å²) in [5.41, 5.74) is 3.64. The van der Waals surface area contributed by atoms with Gasteiger partial charge in [0.15, 0.2) is 0 Å². The van der Waals surface area contributed by atoms with Gasteiger partial charge in [-0.05, 0) is 67.1 Å². The fourth-order valence-electron chi connectivity index (χ4n) is 4.94. The number of fused-ring (bicyclic) bond motifs is 1. The number of benzene rings is 3. The zero-order valence-electron chi connectivity index (χ0n) is 22.0. The molecule has 0 unspecified atom stereocenters. The molecule has 0 atom stereocenters. The molecule has 1 fully saturated rings. The Kier molecular flexibility index (Phi) is 8.06. The van der Waals surface area contributed by atoms with Crippen molar-refractivity contribution in [3.8, 4) is 5.75 Å². The molecular weight excluding hydrogens is 478 g/mol. The first-order valence-electron chi connectivity index (χ1n) is 13.6. The highest BCUT2D eigenvalue weighted by Crippen LogP contribution is 2.24. The Balaban J connectivity index is 1.13. The van der Waals surface area contributed by atoms with E-state index in [1.165, 1.54) is 36.1 Å². The summed E-state index contributed by atoms with van der Waals surface area (Å²) in [6, 6.07) is 22.9. The highest BCUT2D eigenvalue weighted by atomic mass is 16.5. The Labute approximate surface area is 223 Å². The summed E-state index contributed by atoms with van der Waals surface area (Å²) in [6.45, 7) is 6.63. The Morgan fingerprint density at radius 3 is 2.11 bits per heavy atom. The third kappa shape index (κ3) is 5.74. The lowest BCUT2D eigenvalue weighted by Crippen LogP contribution is -2.46. The van der Waals surface area contributed by atoms with Crippen LogP contribution in [-0.2, 0) is 0 Å². The van der Waals surface area contributed by atoms with Crippen LogP contribution >= 0.6 is 0 Å². The third-order valence-electron chi connectivity index (χ3n) is 7.16. The van der Waals surface area contributed by atoms with Gasteiger partial charge >= 0.3 is 5.91 Å². The van der Waals surface area contributed by atoms with Gasteiger partial charge in [0, 0.05) is 37.6 Å². The molecule has 2 heterocycles. The number of para-hydroxylation sites is 2. The lowest BCUT2D eigenvalue weighted by atomic mass is 10.1. The Hall–Kier alpha value is -4.07. The van der Waals surface area contributed by atoms with Crippen molar-refractivity contribution < 1.29 is 14.4 Å². The topological polar surface area (TPSA) is 77.5 Å². The molecule has 1 aromatic heterocycles. The summed E-state index contributed by atoms with van der Waals surface area (Å²) >= 11 is 0. The van der Waals surface area contributed by atoms with Crippen molar-refractivity contribution in [3.63, 3.8) is 0 Å². The van der Waals surface area contributed by atoms with Crippen molar-refractivity contribution in [1.82, 2.24) is 9.90 Å². The molecule has 0 aliphatic carbocycles. The monoisotopic (exact) mass is 513 g/mol. The van der Waals surface area contributed by atoms with Crippen molar-refractivity contribution >= 4 is 28.3 Å². The van der Waals surface area contributed by atoms with E-state index in [2.05, 4.69) is 46.2 Å². The van der Waals surface area contributed by atoms with Crippen molar-refractivity contribution in [3.05, 3.63) is 83.6 Å². The average Bonchev–Trinajstić information content (AvgIpc) is 3.31. The van der Waals surface area contributed by atoms with Gasteiger partial charge in [0.2, 0.25) is 11.0 Å². The number of piperazine rings is 1. The zero-order chi connectivity index (χ0) is 26.3. The molecule has 4 aromatic rings. The van der Waals surface area contributed by atoms with Crippen LogP contribution in [0.2, 0.25) is 0 Å². The molecule has 38 heavy (non-hydrogen) atoms. The van der Waals surface area contributed by atoms with Crippen LogP contribution in [0.15, 0.2) is 72.8 Å². The molecule has 3 aromatic carbocycles. The molecule has 5 rings (SSSR count). The zero-order valence-corrected chi connectivity index (χ0v) is 22.0. The predicted molar refractivity (Wildman–Crippen MR) is 150 cm³/mol. The van der Waals surface area contributed by atoms with Gasteiger partial charge in [-0.2, -0.15) is 0 Å². The van der Waals surface area contributed by atoms with E-state index in [1.807, 2.05) is 12.1 Å². The Bertz CT molecular complexity index is 1340. The van der Waals surface area contributed by atoms with Crippen LogP contribution in [0.3, 0.4) is 0 Å². The number of carbonyl (C=O) groups excluding carboxylic acids is 1. The van der Waals surface area contributed by atoms with Crippen LogP contribution < -0.4 is 19.4 Å². The summed E-state index contributed by atoms with van der Waals surface area (Å²) < 4.78 is 7.07. The van der Waals surface area contributed by atoms with Gasteiger partial charge in [-0.1, -0.05) is 49.4 Å². The maximum Gasteiger partial charge on any atom is 0.366 e. The van der Waals surface area contributed by atoms with E-state index >= 15 is 0 Å². The summed E-state index contributed by atoms with van der Waals surface area (Å²) in [5.74, 6) is 0.613. The highest BCUT2D eigenvalue weighted by molar-refractivity contribution is 5.99. The number of nitrogens with zero attached hydrogens (tertiary/aromatic N) is 5. The Morgan fingerprint density at radius 1 is 0.842 bits per heavy atom. The smallest absolute Gasteiger partial charge is 0.366 e. The second kappa shape index (κ2) is 12.0. The molecule has 1 aliphatic rings. The first-order chi connectivity index (χ1) is 18.6. The van der Waals surface area contributed by atoms with E-state index in [-0.39, 0.29) is 5.91 Å². The molecule has 1 saturated heterocycles. The molecule has 8 nitrogen and oxygen atoms in total. The fourth-order valence-corrected chi connectivity index (χ4v) is 4.94. The van der Waals surface area contributed by atoms with Gasteiger partial charge in [0.25, 0.3) is 0 Å². The maximum absolute atomic E-state index is 13.0. The number of hydrogen-bond acceptors (Lipinski definition) is 6. The largest absolute Gasteiger partial charge is 0.691 e. The number of aromatic nitrogens is 3. The molecule has 0 amide bonds. The van der Waals surface area contributed by atoms with Crippen molar-refractivity contribution in [1.29, 1.82) is 0 Å². The number of carbonyl (C=O) groups is 1. The number of hydrogen-bond donors (Lipinski definition) is 0. The molecular formula is C30H35N5O3. The number of unbranched alkanes of at least 4 members (excludes halogenated alkanes) is 4. The van der Waals surface area contributed by atoms with Crippen LogP contribution in [-0.4, -0.2) is 48.6 Å². The first kappa shape index (κ1) is 25.6. The first-order valence-corrected chi connectivity index (χ1v) is 13.6. The summed E-state index contributed by atoms with van der Waals surface area (Å²) in [5, 5.41) is 15.9. The number of anilines is 2. The van der Waals surface area contributed by atoms with Crippen LogP contribution in [0.4, 0.5) is 11.4 Å². The molecule has 1 aliphatic heterocycles. The number of rotatable bonds is 10. The third-order valence-corrected chi connectivity index (χ3v) is 7.16. The van der Waals surface area contributed by atoms with E-state index in [9.17, 15) is 10.0 Å². The van der Waals surface area contributed by atoms with E-state index < -0.39 is 0 Å². The standard InChI is InChI=1S/C30H35N5O3/c1-2-3-4-5-8-23-38-27-17-15-26(16-18-27)33-21-19-32(20-22-33)25-13-11-24(12-14-25)30(36)34-28-9-6-7-10-29(28)35(37)31-34/h6-7,9-18H,2-5,8,19-23H2,1H3. The Morgan fingerprint density at radius 2 is 1.45 bits per heavy atom. The highest BCUT2D eigenvalue weighted by Gasteiger charge is 2.23. The lowest BCUT2D eigenvalue weighted by molar-refractivity contribution is -0.645. The second-order valence-corrected chi connectivity index (χ2v) is 9.75. The van der Waals surface area contributed by atoms with Crippen LogP contribution in [0, 0.1) is 5.21 Å². The molecule has 0 spiro atoms. The maximum atomic E-state index is 13.0. The molecule has 198 valence electrons. The van der Waals surface area contributed by atoms with Crippen molar-refractivity contribution in [2.45, 2.75) is 39.0 Å². The summed E-state index contributed by atoms with van der Waals surface area (Å²) in [4.78, 5) is 18.2. The minimum Gasteiger partial charge on any atom is -0.691 e. The predicted octanol–water partition coefficient (Wildman–Crippen LogP) is 5.03. The van der Waals surface area contributed by atoms with Crippen molar-refractivity contribution in [2.24, 2.45) is 0 Å².